The second-order valence-electron chi connectivity index (χ2n) is 5.72. The van der Waals surface area contributed by atoms with Crippen molar-refractivity contribution in [3.05, 3.63) is 47.4 Å². The molecule has 3 aromatic rings. The Morgan fingerprint density at radius 3 is 2.59 bits per heavy atom. The molecule has 0 fully saturated rings. The largest absolute Gasteiger partial charge is 0.369 e. The van der Waals surface area contributed by atoms with Gasteiger partial charge in [0.05, 0.1) is 11.1 Å². The number of nitrogens with one attached hydrogen (secondary N) is 1. The van der Waals surface area contributed by atoms with Gasteiger partial charge in [0, 0.05) is 13.6 Å². The lowest BCUT2D eigenvalue weighted by Crippen LogP contribution is -2.12. The van der Waals surface area contributed by atoms with E-state index in [1.54, 1.807) is 0 Å². The first kappa shape index (κ1) is 14.5. The summed E-state index contributed by atoms with van der Waals surface area (Å²) in [6.07, 6.45) is 0. The summed E-state index contributed by atoms with van der Waals surface area (Å²) in [6, 6.07) is 10.5. The first-order valence-electron chi connectivity index (χ1n) is 7.53. The van der Waals surface area contributed by atoms with Crippen LogP contribution in [0.3, 0.4) is 0 Å². The molecule has 0 saturated heterocycles. The van der Waals surface area contributed by atoms with Gasteiger partial charge in [-0.1, -0.05) is 37.3 Å². The molecular weight excluding hydrogens is 274 g/mol. The summed E-state index contributed by atoms with van der Waals surface area (Å²) in [5, 5.41) is 8.94. The van der Waals surface area contributed by atoms with E-state index in [9.17, 15) is 0 Å². The normalized spacial score (nSPS) is 12.5. The van der Waals surface area contributed by atoms with Gasteiger partial charge in [0.2, 0.25) is 0 Å². The van der Waals surface area contributed by atoms with Gasteiger partial charge in [-0.05, 0) is 25.3 Å². The van der Waals surface area contributed by atoms with Gasteiger partial charge in [-0.25, -0.2) is 9.97 Å². The predicted molar refractivity (Wildman–Crippen MR) is 89.1 cm³/mol. The minimum Gasteiger partial charge on any atom is -0.369 e. The Balaban J connectivity index is 1.88. The van der Waals surface area contributed by atoms with E-state index in [0.717, 1.165) is 34.9 Å². The SMILES string of the molecule is Cc1nc(NC[C@@H](C)c2ccccc2)c2c(C)nn(C)c2n1. The van der Waals surface area contributed by atoms with Crippen molar-refractivity contribution in [2.24, 2.45) is 7.05 Å². The Bertz CT molecular complexity index is 792. The molecule has 0 spiro atoms. The summed E-state index contributed by atoms with van der Waals surface area (Å²) in [4.78, 5) is 9.06. The van der Waals surface area contributed by atoms with Gasteiger partial charge >= 0.3 is 0 Å². The van der Waals surface area contributed by atoms with Crippen LogP contribution in [0, 0.1) is 13.8 Å². The maximum atomic E-state index is 4.57. The third-order valence-corrected chi connectivity index (χ3v) is 3.91. The zero-order valence-corrected chi connectivity index (χ0v) is 13.5. The van der Waals surface area contributed by atoms with Crippen LogP contribution in [0.4, 0.5) is 5.82 Å². The molecule has 2 heterocycles. The first-order valence-corrected chi connectivity index (χ1v) is 7.53. The summed E-state index contributed by atoms with van der Waals surface area (Å²) in [5.74, 6) is 2.03. The number of hydrogen-bond donors (Lipinski definition) is 1. The van der Waals surface area contributed by atoms with Crippen molar-refractivity contribution in [1.82, 2.24) is 19.7 Å². The van der Waals surface area contributed by atoms with E-state index in [1.165, 1.54) is 5.56 Å². The van der Waals surface area contributed by atoms with Gasteiger partial charge in [0.25, 0.3) is 0 Å². The van der Waals surface area contributed by atoms with Crippen molar-refractivity contribution >= 4 is 16.9 Å². The molecule has 2 aromatic heterocycles. The number of hydrogen-bond acceptors (Lipinski definition) is 4. The fourth-order valence-electron chi connectivity index (χ4n) is 2.72. The monoisotopic (exact) mass is 295 g/mol. The lowest BCUT2D eigenvalue weighted by atomic mass is 10.0. The van der Waals surface area contributed by atoms with Crippen LogP contribution in [-0.4, -0.2) is 26.3 Å². The Labute approximate surface area is 130 Å². The quantitative estimate of drug-likeness (QED) is 0.803. The number of aryl methyl sites for hydroxylation is 3. The predicted octanol–water partition coefficient (Wildman–Crippen LogP) is 3.20. The molecule has 0 saturated carbocycles. The summed E-state index contributed by atoms with van der Waals surface area (Å²) in [7, 11) is 1.91. The Morgan fingerprint density at radius 2 is 1.86 bits per heavy atom. The number of benzene rings is 1. The smallest absolute Gasteiger partial charge is 0.163 e. The standard InChI is InChI=1S/C17H21N5/c1-11(14-8-6-5-7-9-14)10-18-16-15-12(2)21-22(4)17(15)20-13(3)19-16/h5-9,11H,10H2,1-4H3,(H,18,19,20)/t11-/m1/s1. The fourth-order valence-corrected chi connectivity index (χ4v) is 2.72. The van der Waals surface area contributed by atoms with E-state index in [0.29, 0.717) is 5.92 Å². The van der Waals surface area contributed by atoms with Crippen molar-refractivity contribution in [2.75, 3.05) is 11.9 Å². The van der Waals surface area contributed by atoms with Crippen LogP contribution in [0.15, 0.2) is 30.3 Å². The third kappa shape index (κ3) is 2.66. The highest BCUT2D eigenvalue weighted by atomic mass is 15.3. The Kier molecular flexibility index (Phi) is 3.79. The molecule has 22 heavy (non-hydrogen) atoms. The molecule has 1 N–H and O–H groups in total. The van der Waals surface area contributed by atoms with Gasteiger partial charge in [-0.2, -0.15) is 5.10 Å². The molecule has 5 nitrogen and oxygen atoms in total. The van der Waals surface area contributed by atoms with E-state index < -0.39 is 0 Å². The minimum absolute atomic E-state index is 0.406. The van der Waals surface area contributed by atoms with E-state index in [-0.39, 0.29) is 0 Å². The van der Waals surface area contributed by atoms with Gasteiger partial charge in [0.15, 0.2) is 5.65 Å². The van der Waals surface area contributed by atoms with Crippen LogP contribution >= 0.6 is 0 Å². The lowest BCUT2D eigenvalue weighted by molar-refractivity contribution is 0.770. The summed E-state index contributed by atoms with van der Waals surface area (Å²) in [5.41, 5.74) is 3.15. The van der Waals surface area contributed by atoms with Crippen LogP contribution < -0.4 is 5.32 Å². The number of nitrogens with zero attached hydrogens (tertiary/aromatic N) is 4. The van der Waals surface area contributed by atoms with Crippen LogP contribution in [0.2, 0.25) is 0 Å². The van der Waals surface area contributed by atoms with Crippen molar-refractivity contribution < 1.29 is 0 Å². The average molecular weight is 295 g/mol. The van der Waals surface area contributed by atoms with E-state index in [4.69, 9.17) is 0 Å². The van der Waals surface area contributed by atoms with Crippen LogP contribution in [0.5, 0.6) is 0 Å². The zero-order chi connectivity index (χ0) is 15.7. The number of aromatic nitrogens is 4. The molecule has 0 aliphatic heterocycles. The molecule has 114 valence electrons. The topological polar surface area (TPSA) is 55.6 Å². The number of fused-ring (bicyclic) bond motifs is 1. The molecule has 1 aromatic carbocycles. The van der Waals surface area contributed by atoms with Gasteiger partial charge in [-0.15, -0.1) is 0 Å². The Hall–Kier alpha value is -2.43. The highest BCUT2D eigenvalue weighted by Crippen LogP contribution is 2.24. The van der Waals surface area contributed by atoms with Crippen LogP contribution in [-0.2, 0) is 7.05 Å². The van der Waals surface area contributed by atoms with Crippen LogP contribution in [0.25, 0.3) is 11.0 Å². The average Bonchev–Trinajstić information content (AvgIpc) is 2.80. The molecule has 3 rings (SSSR count). The zero-order valence-electron chi connectivity index (χ0n) is 13.5. The Morgan fingerprint density at radius 1 is 1.14 bits per heavy atom. The summed E-state index contributed by atoms with van der Waals surface area (Å²) in [6.45, 7) is 6.94. The minimum atomic E-state index is 0.406. The molecule has 1 atom stereocenters. The maximum absolute atomic E-state index is 4.57. The second kappa shape index (κ2) is 5.75. The van der Waals surface area contributed by atoms with Crippen molar-refractivity contribution in [2.45, 2.75) is 26.7 Å². The molecule has 0 amide bonds. The highest BCUT2D eigenvalue weighted by molar-refractivity contribution is 5.89. The third-order valence-electron chi connectivity index (χ3n) is 3.91. The van der Waals surface area contributed by atoms with E-state index in [1.807, 2.05) is 31.6 Å². The molecule has 0 aliphatic carbocycles. The number of anilines is 1. The molecule has 0 aliphatic rings. The first-order chi connectivity index (χ1) is 10.6. The maximum Gasteiger partial charge on any atom is 0.163 e. The summed E-state index contributed by atoms with van der Waals surface area (Å²) < 4.78 is 1.81. The molecule has 0 radical (unpaired) electrons. The van der Waals surface area contributed by atoms with Crippen molar-refractivity contribution in [3.63, 3.8) is 0 Å². The van der Waals surface area contributed by atoms with Crippen molar-refractivity contribution in [1.29, 1.82) is 0 Å². The molecule has 0 unspecified atom stereocenters. The van der Waals surface area contributed by atoms with E-state index >= 15 is 0 Å². The second-order valence-corrected chi connectivity index (χ2v) is 5.72. The highest BCUT2D eigenvalue weighted by Gasteiger charge is 2.14. The molecule has 5 heteroatoms. The van der Waals surface area contributed by atoms with Gasteiger partial charge in [0.1, 0.15) is 11.6 Å². The van der Waals surface area contributed by atoms with Crippen LogP contribution in [0.1, 0.15) is 29.9 Å². The van der Waals surface area contributed by atoms with Gasteiger partial charge < -0.3 is 5.32 Å². The van der Waals surface area contributed by atoms with E-state index in [2.05, 4.69) is 51.6 Å². The van der Waals surface area contributed by atoms with Crippen molar-refractivity contribution in [3.8, 4) is 0 Å². The molecular formula is C17H21N5. The molecule has 0 bridgehead atoms. The lowest BCUT2D eigenvalue weighted by Gasteiger charge is -2.14. The summed E-state index contributed by atoms with van der Waals surface area (Å²) >= 11 is 0. The number of rotatable bonds is 4. The van der Waals surface area contributed by atoms with Gasteiger partial charge in [-0.3, -0.25) is 4.68 Å². The fraction of sp³-hybridized carbons (Fsp3) is 0.353.